The molecule has 0 bridgehead atoms. The quantitative estimate of drug-likeness (QED) is 0.587. The molecule has 0 spiro atoms. The fraction of sp³-hybridized carbons (Fsp3) is 0.304. The first-order valence-electron chi connectivity index (χ1n) is 9.26. The van der Waals surface area contributed by atoms with E-state index < -0.39 is 0 Å². The molecule has 0 fully saturated rings. The third-order valence-corrected chi connectivity index (χ3v) is 4.53. The van der Waals surface area contributed by atoms with Gasteiger partial charge in [0.05, 0.1) is 0 Å². The van der Waals surface area contributed by atoms with Crippen molar-refractivity contribution in [3.63, 3.8) is 0 Å². The van der Waals surface area contributed by atoms with E-state index in [0.717, 1.165) is 17.9 Å². The second-order valence-electron chi connectivity index (χ2n) is 6.69. The Bertz CT molecular complexity index is 858. The van der Waals surface area contributed by atoms with Crippen molar-refractivity contribution in [1.29, 1.82) is 0 Å². The molecule has 3 aromatic rings. The maximum atomic E-state index is 6.04. The van der Waals surface area contributed by atoms with Crippen molar-refractivity contribution in [2.75, 3.05) is 19.8 Å². The van der Waals surface area contributed by atoms with E-state index in [1.165, 1.54) is 21.9 Å². The van der Waals surface area contributed by atoms with Crippen molar-refractivity contribution in [3.05, 3.63) is 71.8 Å². The van der Waals surface area contributed by atoms with Gasteiger partial charge in [0.25, 0.3) is 0 Å². The summed E-state index contributed by atoms with van der Waals surface area (Å²) in [4.78, 5) is 0. The van der Waals surface area contributed by atoms with Crippen LogP contribution in [0.4, 0.5) is 0 Å². The number of fused-ring (bicyclic) bond motifs is 1. The number of ether oxygens (including phenoxy) is 2. The lowest BCUT2D eigenvalue weighted by Gasteiger charge is -2.16. The van der Waals surface area contributed by atoms with Crippen molar-refractivity contribution in [3.8, 4) is 11.5 Å². The number of hydrogen-bond acceptors (Lipinski definition) is 3. The average Bonchev–Trinajstić information content (AvgIpc) is 2.67. The number of rotatable bonds is 8. The lowest BCUT2D eigenvalue weighted by atomic mass is 10.0. The lowest BCUT2D eigenvalue weighted by Crippen LogP contribution is -2.12. The molecule has 0 radical (unpaired) electrons. The number of nitrogens with two attached hydrogens (primary N) is 1. The van der Waals surface area contributed by atoms with Crippen LogP contribution in [0.5, 0.6) is 11.5 Å². The first-order valence-corrected chi connectivity index (χ1v) is 9.26. The Labute approximate surface area is 155 Å². The van der Waals surface area contributed by atoms with Crippen molar-refractivity contribution in [2.24, 2.45) is 5.73 Å². The second kappa shape index (κ2) is 8.72. The highest BCUT2D eigenvalue weighted by atomic mass is 16.5. The molecule has 2 N–H and O–H groups in total. The van der Waals surface area contributed by atoms with Crippen LogP contribution >= 0.6 is 0 Å². The molecule has 0 aromatic heterocycles. The fourth-order valence-corrected chi connectivity index (χ4v) is 3.25. The third kappa shape index (κ3) is 4.17. The summed E-state index contributed by atoms with van der Waals surface area (Å²) in [6.07, 6.45) is 0.799. The Hall–Kier alpha value is -2.52. The first kappa shape index (κ1) is 18.3. The molecule has 0 aliphatic carbocycles. The molecule has 0 amide bonds. The van der Waals surface area contributed by atoms with E-state index in [4.69, 9.17) is 15.2 Å². The SMILES string of the molecule is CC(C)c1ccccc1OCCOc1ccc2ccccc2c1CCN. The van der Waals surface area contributed by atoms with Crippen molar-refractivity contribution in [2.45, 2.75) is 26.2 Å². The number of para-hydroxylation sites is 1. The molecule has 3 aromatic carbocycles. The normalized spacial score (nSPS) is 11.1. The molecule has 136 valence electrons. The molecule has 0 atom stereocenters. The first-order chi connectivity index (χ1) is 12.7. The second-order valence-corrected chi connectivity index (χ2v) is 6.69. The molecule has 0 saturated carbocycles. The average molecular weight is 349 g/mol. The maximum Gasteiger partial charge on any atom is 0.123 e. The zero-order valence-corrected chi connectivity index (χ0v) is 15.6. The minimum atomic E-state index is 0.434. The molecule has 3 rings (SSSR count). The van der Waals surface area contributed by atoms with Crippen LogP contribution in [0.15, 0.2) is 60.7 Å². The molecule has 0 aliphatic rings. The van der Waals surface area contributed by atoms with E-state index in [9.17, 15) is 0 Å². The molecule has 3 heteroatoms. The van der Waals surface area contributed by atoms with E-state index >= 15 is 0 Å². The Balaban J connectivity index is 1.68. The Morgan fingerprint density at radius 2 is 1.50 bits per heavy atom. The van der Waals surface area contributed by atoms with Crippen LogP contribution in [0, 0.1) is 0 Å². The zero-order valence-electron chi connectivity index (χ0n) is 15.6. The van der Waals surface area contributed by atoms with E-state index in [2.05, 4.69) is 50.2 Å². The Kier molecular flexibility index (Phi) is 6.13. The minimum Gasteiger partial charge on any atom is -0.490 e. The molecule has 3 nitrogen and oxygen atoms in total. The van der Waals surface area contributed by atoms with Gasteiger partial charge in [0, 0.05) is 5.56 Å². The summed E-state index contributed by atoms with van der Waals surface area (Å²) in [5.41, 5.74) is 8.21. The van der Waals surface area contributed by atoms with Crippen LogP contribution in [-0.2, 0) is 6.42 Å². The van der Waals surface area contributed by atoms with Crippen LogP contribution in [0.1, 0.15) is 30.9 Å². The summed E-state index contributed by atoms with van der Waals surface area (Å²) in [5.74, 6) is 2.27. The Morgan fingerprint density at radius 1 is 0.808 bits per heavy atom. The van der Waals surface area contributed by atoms with Crippen LogP contribution in [0.2, 0.25) is 0 Å². The molecule has 26 heavy (non-hydrogen) atoms. The van der Waals surface area contributed by atoms with Crippen LogP contribution < -0.4 is 15.2 Å². The van der Waals surface area contributed by atoms with Crippen LogP contribution in [-0.4, -0.2) is 19.8 Å². The highest BCUT2D eigenvalue weighted by molar-refractivity contribution is 5.87. The van der Waals surface area contributed by atoms with Gasteiger partial charge in [0.15, 0.2) is 0 Å². The Morgan fingerprint density at radius 3 is 2.27 bits per heavy atom. The van der Waals surface area contributed by atoms with E-state index in [0.29, 0.717) is 25.7 Å². The van der Waals surface area contributed by atoms with Gasteiger partial charge in [-0.15, -0.1) is 0 Å². The molecule has 0 saturated heterocycles. The van der Waals surface area contributed by atoms with Crippen molar-refractivity contribution < 1.29 is 9.47 Å². The summed E-state index contributed by atoms with van der Waals surface area (Å²) >= 11 is 0. The molecule has 0 aliphatic heterocycles. The molecule has 0 heterocycles. The summed E-state index contributed by atoms with van der Waals surface area (Å²) in [5, 5.41) is 2.42. The smallest absolute Gasteiger partial charge is 0.123 e. The summed E-state index contributed by atoms with van der Waals surface area (Å²) in [6, 6.07) is 20.7. The molecular formula is C23H27NO2. The summed E-state index contributed by atoms with van der Waals surface area (Å²) in [6.45, 7) is 5.96. The topological polar surface area (TPSA) is 44.5 Å². The zero-order chi connectivity index (χ0) is 18.4. The van der Waals surface area contributed by atoms with Crippen LogP contribution in [0.3, 0.4) is 0 Å². The van der Waals surface area contributed by atoms with Gasteiger partial charge in [0.1, 0.15) is 24.7 Å². The highest BCUT2D eigenvalue weighted by Crippen LogP contribution is 2.29. The van der Waals surface area contributed by atoms with Gasteiger partial charge in [-0.2, -0.15) is 0 Å². The van der Waals surface area contributed by atoms with Gasteiger partial charge >= 0.3 is 0 Å². The molecular weight excluding hydrogens is 322 g/mol. The van der Waals surface area contributed by atoms with E-state index in [1.807, 2.05) is 24.3 Å². The summed E-state index contributed by atoms with van der Waals surface area (Å²) < 4.78 is 12.0. The lowest BCUT2D eigenvalue weighted by molar-refractivity contribution is 0.214. The number of hydrogen-bond donors (Lipinski definition) is 1. The molecule has 0 unspecified atom stereocenters. The van der Waals surface area contributed by atoms with Crippen molar-refractivity contribution in [1.82, 2.24) is 0 Å². The van der Waals surface area contributed by atoms with Gasteiger partial charge in [-0.1, -0.05) is 62.4 Å². The van der Waals surface area contributed by atoms with Crippen LogP contribution in [0.25, 0.3) is 10.8 Å². The van der Waals surface area contributed by atoms with Gasteiger partial charge in [0.2, 0.25) is 0 Å². The van der Waals surface area contributed by atoms with Gasteiger partial charge < -0.3 is 15.2 Å². The van der Waals surface area contributed by atoms with E-state index in [1.54, 1.807) is 0 Å². The largest absolute Gasteiger partial charge is 0.490 e. The fourth-order valence-electron chi connectivity index (χ4n) is 3.25. The van der Waals surface area contributed by atoms with Gasteiger partial charge in [-0.05, 0) is 47.4 Å². The van der Waals surface area contributed by atoms with Gasteiger partial charge in [-0.25, -0.2) is 0 Å². The maximum absolute atomic E-state index is 6.04. The van der Waals surface area contributed by atoms with Crippen molar-refractivity contribution >= 4 is 10.8 Å². The minimum absolute atomic E-state index is 0.434. The highest BCUT2D eigenvalue weighted by Gasteiger charge is 2.09. The third-order valence-electron chi connectivity index (χ3n) is 4.53. The predicted octanol–water partition coefficient (Wildman–Crippen LogP) is 4.92. The van der Waals surface area contributed by atoms with E-state index in [-0.39, 0.29) is 0 Å². The monoisotopic (exact) mass is 349 g/mol. The number of benzene rings is 3. The standard InChI is InChI=1S/C23H27NO2/c1-17(2)19-8-5-6-10-22(19)25-15-16-26-23-12-11-18-7-3-4-9-20(18)21(23)13-14-24/h3-12,17H,13-16,24H2,1-2H3. The van der Waals surface area contributed by atoms with Gasteiger partial charge in [-0.3, -0.25) is 0 Å². The summed E-state index contributed by atoms with van der Waals surface area (Å²) in [7, 11) is 0. The predicted molar refractivity (Wildman–Crippen MR) is 108 cm³/mol.